The van der Waals surface area contributed by atoms with E-state index in [0.29, 0.717) is 25.6 Å². The number of rotatable bonds is 5. The van der Waals surface area contributed by atoms with Gasteiger partial charge in [0, 0.05) is 51.5 Å². The number of piperidine rings is 1. The number of nitrogens with zero attached hydrogens (tertiary/aromatic N) is 5. The molecule has 0 atom stereocenters. The van der Waals surface area contributed by atoms with Gasteiger partial charge in [-0.2, -0.15) is 4.98 Å². The zero-order chi connectivity index (χ0) is 18.4. The number of carbonyl (C=O) groups excluding carboxylic acids is 1. The summed E-state index contributed by atoms with van der Waals surface area (Å²) in [5.74, 6) is 1.66. The van der Waals surface area contributed by atoms with Gasteiger partial charge in [-0.1, -0.05) is 6.92 Å². The normalized spacial score (nSPS) is 19.5. The maximum Gasteiger partial charge on any atom is 0.409 e. The average molecular weight is 362 g/mol. The molecule has 0 aromatic carbocycles. The van der Waals surface area contributed by atoms with E-state index in [1.807, 2.05) is 19.2 Å². The quantitative estimate of drug-likeness (QED) is 0.854. The van der Waals surface area contributed by atoms with Crippen LogP contribution in [0.1, 0.15) is 26.7 Å². The fourth-order valence-corrected chi connectivity index (χ4v) is 3.49. The topological polar surface area (TPSA) is 73.8 Å². The Hall–Kier alpha value is -2.09. The number of likely N-dealkylation sites (N-methyl/N-ethyl adjacent to an activating group) is 1. The second-order valence-electron chi connectivity index (χ2n) is 6.76. The molecule has 0 bridgehead atoms. The minimum absolute atomic E-state index is 0.213. The Bertz CT molecular complexity index is 583. The molecule has 26 heavy (non-hydrogen) atoms. The zero-order valence-corrected chi connectivity index (χ0v) is 15.9. The lowest BCUT2D eigenvalue weighted by Gasteiger charge is -2.35. The Morgan fingerprint density at radius 1 is 1.19 bits per heavy atom. The summed E-state index contributed by atoms with van der Waals surface area (Å²) in [4.78, 5) is 27.4. The van der Waals surface area contributed by atoms with Crippen LogP contribution in [0.5, 0.6) is 0 Å². The van der Waals surface area contributed by atoms with Crippen LogP contribution in [-0.4, -0.2) is 84.3 Å². The Kier molecular flexibility index (Phi) is 6.49. The van der Waals surface area contributed by atoms with Gasteiger partial charge in [0.25, 0.3) is 0 Å². The van der Waals surface area contributed by atoms with Gasteiger partial charge in [-0.3, -0.25) is 0 Å². The number of amides is 1. The summed E-state index contributed by atoms with van der Waals surface area (Å²) < 4.78 is 5.07. The molecule has 2 saturated heterocycles. The van der Waals surface area contributed by atoms with Crippen molar-refractivity contribution in [2.75, 3.05) is 62.6 Å². The molecule has 3 rings (SSSR count). The van der Waals surface area contributed by atoms with Crippen LogP contribution in [0.3, 0.4) is 0 Å². The van der Waals surface area contributed by atoms with Crippen LogP contribution in [-0.2, 0) is 4.74 Å². The third-order valence-corrected chi connectivity index (χ3v) is 5.14. The van der Waals surface area contributed by atoms with Crippen molar-refractivity contribution >= 4 is 17.9 Å². The Morgan fingerprint density at radius 2 is 1.92 bits per heavy atom. The maximum atomic E-state index is 11.8. The highest BCUT2D eigenvalue weighted by Crippen LogP contribution is 2.18. The molecule has 0 saturated carbocycles. The Morgan fingerprint density at radius 3 is 2.58 bits per heavy atom. The fraction of sp³-hybridized carbons (Fsp3) is 0.722. The second-order valence-corrected chi connectivity index (χ2v) is 6.76. The lowest BCUT2D eigenvalue weighted by atomic mass is 10.1. The van der Waals surface area contributed by atoms with Crippen LogP contribution < -0.4 is 10.2 Å². The molecule has 1 aromatic rings. The molecule has 8 heteroatoms. The van der Waals surface area contributed by atoms with Crippen LogP contribution in [0.2, 0.25) is 0 Å². The summed E-state index contributed by atoms with van der Waals surface area (Å²) in [6.45, 7) is 11.1. The zero-order valence-electron chi connectivity index (χ0n) is 15.9. The molecular weight excluding hydrogens is 332 g/mol. The molecule has 1 N–H and O–H groups in total. The lowest BCUT2D eigenvalue weighted by Crippen LogP contribution is -2.46. The van der Waals surface area contributed by atoms with Crippen molar-refractivity contribution in [3.8, 4) is 0 Å². The van der Waals surface area contributed by atoms with Gasteiger partial charge in [0.1, 0.15) is 5.82 Å². The number of carbonyl (C=O) groups is 1. The van der Waals surface area contributed by atoms with Crippen molar-refractivity contribution in [2.24, 2.45) is 0 Å². The monoisotopic (exact) mass is 362 g/mol. The first kappa shape index (κ1) is 18.7. The van der Waals surface area contributed by atoms with Gasteiger partial charge in [-0.15, -0.1) is 0 Å². The molecule has 1 aromatic heterocycles. The van der Waals surface area contributed by atoms with Gasteiger partial charge < -0.3 is 24.8 Å². The molecule has 2 aliphatic rings. The van der Waals surface area contributed by atoms with Crippen LogP contribution in [0.15, 0.2) is 12.3 Å². The number of ether oxygens (including phenoxy) is 1. The van der Waals surface area contributed by atoms with E-state index in [4.69, 9.17) is 9.72 Å². The van der Waals surface area contributed by atoms with E-state index >= 15 is 0 Å². The van der Waals surface area contributed by atoms with Gasteiger partial charge >= 0.3 is 6.09 Å². The van der Waals surface area contributed by atoms with E-state index in [9.17, 15) is 4.79 Å². The van der Waals surface area contributed by atoms with Crippen molar-refractivity contribution in [1.29, 1.82) is 0 Å². The summed E-state index contributed by atoms with van der Waals surface area (Å²) in [7, 11) is 0. The molecule has 0 spiro atoms. The summed E-state index contributed by atoms with van der Waals surface area (Å²) in [5.41, 5.74) is 0. The van der Waals surface area contributed by atoms with Crippen molar-refractivity contribution < 1.29 is 9.53 Å². The maximum absolute atomic E-state index is 11.8. The van der Waals surface area contributed by atoms with Crippen molar-refractivity contribution in [3.63, 3.8) is 0 Å². The summed E-state index contributed by atoms with van der Waals surface area (Å²) in [6.07, 6.45) is 3.36. The summed E-state index contributed by atoms with van der Waals surface area (Å²) >= 11 is 0. The van der Waals surface area contributed by atoms with Crippen LogP contribution in [0.25, 0.3) is 0 Å². The highest BCUT2D eigenvalue weighted by atomic mass is 16.6. The second kappa shape index (κ2) is 9.02. The highest BCUT2D eigenvalue weighted by molar-refractivity contribution is 5.67. The van der Waals surface area contributed by atoms with Crippen LogP contribution in [0, 0.1) is 0 Å². The molecule has 3 heterocycles. The molecule has 0 aliphatic carbocycles. The van der Waals surface area contributed by atoms with E-state index in [0.717, 1.165) is 51.4 Å². The number of piperazine rings is 1. The minimum Gasteiger partial charge on any atom is -0.450 e. The minimum atomic E-state index is -0.213. The van der Waals surface area contributed by atoms with E-state index in [1.54, 1.807) is 4.90 Å². The van der Waals surface area contributed by atoms with Crippen LogP contribution >= 0.6 is 0 Å². The number of nitrogens with one attached hydrogen (secondary N) is 1. The predicted octanol–water partition coefficient (Wildman–Crippen LogP) is 1.65. The summed E-state index contributed by atoms with van der Waals surface area (Å²) in [5, 5.41) is 3.43. The summed E-state index contributed by atoms with van der Waals surface area (Å²) in [6, 6.07) is 2.27. The van der Waals surface area contributed by atoms with Gasteiger partial charge in [-0.25, -0.2) is 9.78 Å². The lowest BCUT2D eigenvalue weighted by molar-refractivity contribution is 0.0983. The number of likely N-dealkylation sites (tertiary alicyclic amines) is 1. The number of hydrogen-bond donors (Lipinski definition) is 1. The van der Waals surface area contributed by atoms with Crippen LogP contribution in [0.4, 0.5) is 16.6 Å². The standard InChI is InChI=1S/C18H30N6O2/c1-3-22-11-13-23(14-12-22)16-5-8-19-17(21-16)20-15-6-9-24(10-7-15)18(25)26-4-2/h5,8,15H,3-4,6-7,9-14H2,1-2H3,(H,19,20,21). The van der Waals surface area contributed by atoms with Crippen molar-refractivity contribution in [3.05, 3.63) is 12.3 Å². The third kappa shape index (κ3) is 4.75. The van der Waals surface area contributed by atoms with E-state index in [1.165, 1.54) is 0 Å². The average Bonchev–Trinajstić information content (AvgIpc) is 2.69. The molecule has 0 unspecified atom stereocenters. The first-order valence-electron chi connectivity index (χ1n) is 9.68. The Labute approximate surface area is 155 Å². The highest BCUT2D eigenvalue weighted by Gasteiger charge is 2.24. The van der Waals surface area contributed by atoms with E-state index in [-0.39, 0.29) is 12.1 Å². The number of aromatic nitrogens is 2. The largest absolute Gasteiger partial charge is 0.450 e. The molecule has 1 amide bonds. The smallest absolute Gasteiger partial charge is 0.409 e. The predicted molar refractivity (Wildman–Crippen MR) is 102 cm³/mol. The van der Waals surface area contributed by atoms with Crippen molar-refractivity contribution in [2.45, 2.75) is 32.7 Å². The molecule has 8 nitrogen and oxygen atoms in total. The Balaban J connectivity index is 1.51. The number of hydrogen-bond acceptors (Lipinski definition) is 7. The molecule has 144 valence electrons. The van der Waals surface area contributed by atoms with Gasteiger partial charge in [0.05, 0.1) is 6.61 Å². The van der Waals surface area contributed by atoms with E-state index in [2.05, 4.69) is 27.0 Å². The van der Waals surface area contributed by atoms with Crippen molar-refractivity contribution in [1.82, 2.24) is 19.8 Å². The molecule has 2 aliphatic heterocycles. The van der Waals surface area contributed by atoms with Gasteiger partial charge in [0.2, 0.25) is 5.95 Å². The van der Waals surface area contributed by atoms with Gasteiger partial charge in [0.15, 0.2) is 0 Å². The number of anilines is 2. The SMILES string of the molecule is CCOC(=O)N1CCC(Nc2nccc(N3CCN(CC)CC3)n2)CC1. The first-order chi connectivity index (χ1) is 12.7. The molecule has 0 radical (unpaired) electrons. The van der Waals surface area contributed by atoms with E-state index < -0.39 is 0 Å². The molecule has 2 fully saturated rings. The van der Waals surface area contributed by atoms with Gasteiger partial charge in [-0.05, 0) is 32.4 Å². The first-order valence-corrected chi connectivity index (χ1v) is 9.68. The fourth-order valence-electron chi connectivity index (χ4n) is 3.49. The third-order valence-electron chi connectivity index (χ3n) is 5.14. The molecular formula is C18H30N6O2.